The first-order valence-corrected chi connectivity index (χ1v) is 6.05. The molecule has 0 radical (unpaired) electrons. The third-order valence-electron chi connectivity index (χ3n) is 3.34. The molecule has 1 amide bonds. The molecule has 1 aliphatic rings. The Labute approximate surface area is 97.9 Å². The lowest BCUT2D eigenvalue weighted by molar-refractivity contribution is -0.119. The van der Waals surface area contributed by atoms with Gasteiger partial charge >= 0.3 is 0 Å². The summed E-state index contributed by atoms with van der Waals surface area (Å²) in [5.41, 5.74) is 0.602. The molecule has 92 valence electrons. The standard InChI is InChI=1S/C13H23NO2/c1-10(2)8-12(16)14-13(9-15)6-4-11(3)5-7-13/h8,11,15H,4-7,9H2,1-3H3,(H,14,16). The summed E-state index contributed by atoms with van der Waals surface area (Å²) < 4.78 is 0. The SMILES string of the molecule is CC(C)=CC(=O)NC1(CO)CCC(C)CC1. The highest BCUT2D eigenvalue weighted by Crippen LogP contribution is 2.31. The molecular weight excluding hydrogens is 202 g/mol. The highest BCUT2D eigenvalue weighted by atomic mass is 16.3. The Morgan fingerprint density at radius 1 is 1.44 bits per heavy atom. The van der Waals surface area contributed by atoms with Crippen molar-refractivity contribution in [1.29, 1.82) is 0 Å². The van der Waals surface area contributed by atoms with Gasteiger partial charge in [0.2, 0.25) is 5.91 Å². The zero-order valence-corrected chi connectivity index (χ0v) is 10.5. The van der Waals surface area contributed by atoms with Crippen LogP contribution in [0.4, 0.5) is 0 Å². The molecule has 0 aromatic rings. The van der Waals surface area contributed by atoms with Gasteiger partial charge in [-0.2, -0.15) is 0 Å². The average molecular weight is 225 g/mol. The Morgan fingerprint density at radius 2 is 2.00 bits per heavy atom. The molecule has 3 nitrogen and oxygen atoms in total. The molecule has 0 aliphatic heterocycles. The van der Waals surface area contributed by atoms with Crippen molar-refractivity contribution in [2.75, 3.05) is 6.61 Å². The molecule has 0 atom stereocenters. The number of hydrogen-bond donors (Lipinski definition) is 2. The van der Waals surface area contributed by atoms with Crippen molar-refractivity contribution >= 4 is 5.91 Å². The molecule has 1 saturated carbocycles. The quantitative estimate of drug-likeness (QED) is 0.722. The van der Waals surface area contributed by atoms with Crippen LogP contribution in [-0.2, 0) is 4.79 Å². The van der Waals surface area contributed by atoms with E-state index in [9.17, 15) is 9.90 Å². The Balaban J connectivity index is 2.61. The molecule has 1 aliphatic carbocycles. The van der Waals surface area contributed by atoms with Crippen LogP contribution in [0.2, 0.25) is 0 Å². The van der Waals surface area contributed by atoms with Gasteiger partial charge < -0.3 is 10.4 Å². The Hall–Kier alpha value is -0.830. The minimum atomic E-state index is -0.379. The number of aliphatic hydroxyl groups is 1. The fourth-order valence-electron chi connectivity index (χ4n) is 2.20. The largest absolute Gasteiger partial charge is 0.394 e. The summed E-state index contributed by atoms with van der Waals surface area (Å²) in [6, 6.07) is 0. The lowest BCUT2D eigenvalue weighted by Gasteiger charge is -2.38. The molecule has 0 bridgehead atoms. The maximum Gasteiger partial charge on any atom is 0.244 e. The monoisotopic (exact) mass is 225 g/mol. The van der Waals surface area contributed by atoms with Gasteiger partial charge in [0.05, 0.1) is 12.1 Å². The summed E-state index contributed by atoms with van der Waals surface area (Å²) in [4.78, 5) is 11.7. The molecule has 1 fully saturated rings. The van der Waals surface area contributed by atoms with E-state index in [1.54, 1.807) is 6.08 Å². The van der Waals surface area contributed by atoms with Crippen LogP contribution in [0.25, 0.3) is 0 Å². The van der Waals surface area contributed by atoms with Gasteiger partial charge in [0.1, 0.15) is 0 Å². The first-order chi connectivity index (χ1) is 7.47. The first-order valence-electron chi connectivity index (χ1n) is 6.05. The summed E-state index contributed by atoms with van der Waals surface area (Å²) in [6.07, 6.45) is 5.51. The van der Waals surface area contributed by atoms with Gasteiger partial charge in [0.25, 0.3) is 0 Å². The predicted octanol–water partition coefficient (Wildman–Crippen LogP) is 2.01. The zero-order valence-electron chi connectivity index (χ0n) is 10.5. The highest BCUT2D eigenvalue weighted by Gasteiger charge is 2.34. The summed E-state index contributed by atoms with van der Waals surface area (Å²) in [5, 5.41) is 12.4. The van der Waals surface area contributed by atoms with Gasteiger partial charge in [-0.05, 0) is 45.4 Å². The number of hydrogen-bond acceptors (Lipinski definition) is 2. The number of nitrogens with one attached hydrogen (secondary N) is 1. The van der Waals surface area contributed by atoms with Crippen molar-refractivity contribution in [3.8, 4) is 0 Å². The minimum Gasteiger partial charge on any atom is -0.394 e. The fourth-order valence-corrected chi connectivity index (χ4v) is 2.20. The Kier molecular flexibility index (Phi) is 4.54. The molecule has 3 heteroatoms. The molecule has 0 unspecified atom stereocenters. The summed E-state index contributed by atoms with van der Waals surface area (Å²) in [5.74, 6) is 0.628. The van der Waals surface area contributed by atoms with Crippen LogP contribution >= 0.6 is 0 Å². The van der Waals surface area contributed by atoms with E-state index in [2.05, 4.69) is 12.2 Å². The summed E-state index contributed by atoms with van der Waals surface area (Å²) in [7, 11) is 0. The second-order valence-corrected chi connectivity index (χ2v) is 5.33. The second-order valence-electron chi connectivity index (χ2n) is 5.33. The van der Waals surface area contributed by atoms with Gasteiger partial charge in [-0.1, -0.05) is 12.5 Å². The molecule has 0 aromatic heterocycles. The van der Waals surface area contributed by atoms with Crippen molar-refractivity contribution in [3.05, 3.63) is 11.6 Å². The van der Waals surface area contributed by atoms with E-state index in [4.69, 9.17) is 0 Å². The highest BCUT2D eigenvalue weighted by molar-refractivity contribution is 5.88. The van der Waals surface area contributed by atoms with Crippen LogP contribution in [0.3, 0.4) is 0 Å². The van der Waals surface area contributed by atoms with Gasteiger partial charge in [0.15, 0.2) is 0 Å². The molecule has 0 aromatic carbocycles. The number of allylic oxidation sites excluding steroid dienone is 1. The van der Waals surface area contributed by atoms with Crippen LogP contribution in [0.15, 0.2) is 11.6 Å². The van der Waals surface area contributed by atoms with Gasteiger partial charge in [-0.25, -0.2) is 0 Å². The number of rotatable bonds is 3. The van der Waals surface area contributed by atoms with E-state index in [0.717, 1.165) is 31.3 Å². The Morgan fingerprint density at radius 3 is 2.44 bits per heavy atom. The third-order valence-corrected chi connectivity index (χ3v) is 3.34. The second kappa shape index (κ2) is 5.48. The molecule has 0 spiro atoms. The summed E-state index contributed by atoms with van der Waals surface area (Å²) in [6.45, 7) is 6.06. The third kappa shape index (κ3) is 3.63. The molecular formula is C13H23NO2. The van der Waals surface area contributed by atoms with E-state index in [-0.39, 0.29) is 18.1 Å². The topological polar surface area (TPSA) is 49.3 Å². The molecule has 0 heterocycles. The average Bonchev–Trinajstić information content (AvgIpc) is 2.21. The maximum absolute atomic E-state index is 11.7. The molecule has 1 rings (SSSR count). The lowest BCUT2D eigenvalue weighted by Crippen LogP contribution is -2.52. The number of carbonyl (C=O) groups excluding carboxylic acids is 1. The minimum absolute atomic E-state index is 0.0437. The maximum atomic E-state index is 11.7. The van der Waals surface area contributed by atoms with Crippen LogP contribution in [0.5, 0.6) is 0 Å². The zero-order chi connectivity index (χ0) is 12.2. The van der Waals surface area contributed by atoms with Gasteiger partial charge in [-0.15, -0.1) is 0 Å². The van der Waals surface area contributed by atoms with Crippen molar-refractivity contribution in [1.82, 2.24) is 5.32 Å². The smallest absolute Gasteiger partial charge is 0.244 e. The normalized spacial score (nSPS) is 29.6. The van der Waals surface area contributed by atoms with Crippen molar-refractivity contribution < 1.29 is 9.90 Å². The molecule has 2 N–H and O–H groups in total. The van der Waals surface area contributed by atoms with E-state index >= 15 is 0 Å². The van der Waals surface area contributed by atoms with Crippen molar-refractivity contribution in [2.24, 2.45) is 5.92 Å². The van der Waals surface area contributed by atoms with Crippen LogP contribution < -0.4 is 5.32 Å². The van der Waals surface area contributed by atoms with Crippen molar-refractivity contribution in [2.45, 2.75) is 52.0 Å². The van der Waals surface area contributed by atoms with Gasteiger partial charge in [-0.3, -0.25) is 4.79 Å². The molecule has 0 saturated heterocycles. The molecule has 16 heavy (non-hydrogen) atoms. The van der Waals surface area contributed by atoms with Crippen LogP contribution in [0, 0.1) is 5.92 Å². The lowest BCUT2D eigenvalue weighted by atomic mass is 9.77. The van der Waals surface area contributed by atoms with Crippen LogP contribution in [-0.4, -0.2) is 23.2 Å². The van der Waals surface area contributed by atoms with Gasteiger partial charge in [0, 0.05) is 6.08 Å². The fraction of sp³-hybridized carbons (Fsp3) is 0.769. The van der Waals surface area contributed by atoms with Crippen LogP contribution in [0.1, 0.15) is 46.5 Å². The first kappa shape index (κ1) is 13.2. The number of aliphatic hydroxyl groups excluding tert-OH is 1. The predicted molar refractivity (Wildman–Crippen MR) is 65.0 cm³/mol. The Bertz CT molecular complexity index is 272. The van der Waals surface area contributed by atoms with E-state index in [0.29, 0.717) is 5.92 Å². The van der Waals surface area contributed by atoms with E-state index in [1.165, 1.54) is 0 Å². The van der Waals surface area contributed by atoms with E-state index in [1.807, 2.05) is 13.8 Å². The number of amides is 1. The number of carbonyl (C=O) groups is 1. The van der Waals surface area contributed by atoms with E-state index < -0.39 is 0 Å². The van der Waals surface area contributed by atoms with Crippen molar-refractivity contribution in [3.63, 3.8) is 0 Å². The summed E-state index contributed by atoms with van der Waals surface area (Å²) >= 11 is 0.